The third kappa shape index (κ3) is 2.14. The van der Waals surface area contributed by atoms with Gasteiger partial charge < -0.3 is 4.74 Å². The summed E-state index contributed by atoms with van der Waals surface area (Å²) in [4.78, 5) is 15.5. The molecule has 0 aliphatic rings. The van der Waals surface area contributed by atoms with Crippen molar-refractivity contribution in [2.24, 2.45) is 0 Å². The van der Waals surface area contributed by atoms with Crippen LogP contribution in [-0.4, -0.2) is 17.6 Å². The van der Waals surface area contributed by atoms with Crippen molar-refractivity contribution in [3.05, 3.63) is 41.2 Å². The van der Waals surface area contributed by atoms with E-state index in [1.807, 2.05) is 6.07 Å². The lowest BCUT2D eigenvalue weighted by Gasteiger charge is -2.02. The highest BCUT2D eigenvalue weighted by molar-refractivity contribution is 6.31. The van der Waals surface area contributed by atoms with Crippen molar-refractivity contribution in [1.29, 1.82) is 0 Å². The minimum atomic E-state index is -0.413. The Morgan fingerprint density at radius 1 is 1.38 bits per heavy atom. The number of rotatable bonds is 2. The fourth-order valence-corrected chi connectivity index (χ4v) is 1.61. The Balaban J connectivity index is 2.46. The molecular formula is C12H10ClNO2. The smallest absolute Gasteiger partial charge is 0.356 e. The molecule has 0 atom stereocenters. The van der Waals surface area contributed by atoms with Gasteiger partial charge in [0.25, 0.3) is 0 Å². The van der Waals surface area contributed by atoms with Gasteiger partial charge in [-0.1, -0.05) is 17.7 Å². The van der Waals surface area contributed by atoms with Crippen molar-refractivity contribution in [2.75, 3.05) is 6.61 Å². The Kier molecular flexibility index (Phi) is 3.06. The van der Waals surface area contributed by atoms with Crippen LogP contribution in [-0.2, 0) is 4.74 Å². The number of carbonyl (C=O) groups is 1. The largest absolute Gasteiger partial charge is 0.461 e. The molecule has 1 aromatic carbocycles. The molecule has 3 nitrogen and oxygen atoms in total. The number of fused-ring (bicyclic) bond motifs is 1. The molecule has 0 fully saturated rings. The van der Waals surface area contributed by atoms with Crippen LogP contribution in [0.5, 0.6) is 0 Å². The van der Waals surface area contributed by atoms with Gasteiger partial charge in [-0.25, -0.2) is 9.78 Å². The monoisotopic (exact) mass is 235 g/mol. The molecule has 0 amide bonds. The van der Waals surface area contributed by atoms with Gasteiger partial charge in [-0.3, -0.25) is 0 Å². The van der Waals surface area contributed by atoms with Gasteiger partial charge >= 0.3 is 5.97 Å². The minimum Gasteiger partial charge on any atom is -0.461 e. The maximum Gasteiger partial charge on any atom is 0.356 e. The molecule has 2 aromatic rings. The summed E-state index contributed by atoms with van der Waals surface area (Å²) >= 11 is 5.88. The van der Waals surface area contributed by atoms with E-state index in [4.69, 9.17) is 16.3 Å². The number of esters is 1. The Bertz CT molecular complexity index is 540. The average molecular weight is 236 g/mol. The molecule has 0 aliphatic heterocycles. The normalized spacial score (nSPS) is 10.4. The van der Waals surface area contributed by atoms with Crippen LogP contribution in [0, 0.1) is 0 Å². The number of hydrogen-bond acceptors (Lipinski definition) is 3. The number of nitrogens with zero attached hydrogens (tertiary/aromatic N) is 1. The molecule has 0 radical (unpaired) electrons. The zero-order chi connectivity index (χ0) is 11.5. The standard InChI is InChI=1S/C12H10ClNO2/c1-2-16-12(15)11-6-9-5-10(13)4-3-8(9)7-14-11/h3-7H,2H2,1H3. The van der Waals surface area contributed by atoms with Gasteiger partial charge in [0, 0.05) is 16.6 Å². The number of halogens is 1. The maximum atomic E-state index is 11.5. The SMILES string of the molecule is CCOC(=O)c1cc2cc(Cl)ccc2cn1. The summed E-state index contributed by atoms with van der Waals surface area (Å²) < 4.78 is 4.87. The second kappa shape index (κ2) is 4.49. The van der Waals surface area contributed by atoms with Gasteiger partial charge in [0.2, 0.25) is 0 Å². The first-order chi connectivity index (χ1) is 7.70. The molecule has 0 saturated carbocycles. The van der Waals surface area contributed by atoms with Gasteiger partial charge in [-0.15, -0.1) is 0 Å². The van der Waals surface area contributed by atoms with Crippen LogP contribution >= 0.6 is 11.6 Å². The Hall–Kier alpha value is -1.61. The minimum absolute atomic E-state index is 0.302. The van der Waals surface area contributed by atoms with Crippen molar-refractivity contribution in [3.63, 3.8) is 0 Å². The number of ether oxygens (including phenoxy) is 1. The van der Waals surface area contributed by atoms with Crippen LogP contribution in [0.25, 0.3) is 10.8 Å². The Morgan fingerprint density at radius 3 is 2.94 bits per heavy atom. The van der Waals surface area contributed by atoms with Gasteiger partial charge in [0.15, 0.2) is 0 Å². The van der Waals surface area contributed by atoms with E-state index in [0.717, 1.165) is 10.8 Å². The lowest BCUT2D eigenvalue weighted by atomic mass is 10.1. The van der Waals surface area contributed by atoms with Crippen molar-refractivity contribution >= 4 is 28.3 Å². The predicted octanol–water partition coefficient (Wildman–Crippen LogP) is 3.06. The summed E-state index contributed by atoms with van der Waals surface area (Å²) in [6, 6.07) is 7.12. The highest BCUT2D eigenvalue weighted by Gasteiger charge is 2.08. The number of carbonyl (C=O) groups excluding carboxylic acids is 1. The van der Waals surface area contributed by atoms with Crippen LogP contribution in [0.3, 0.4) is 0 Å². The van der Waals surface area contributed by atoms with Gasteiger partial charge in [-0.05, 0) is 30.5 Å². The first-order valence-electron chi connectivity index (χ1n) is 4.93. The summed E-state index contributed by atoms with van der Waals surface area (Å²) in [6.07, 6.45) is 1.64. The molecule has 1 aromatic heterocycles. The molecule has 0 N–H and O–H groups in total. The van der Waals surface area contributed by atoms with E-state index in [2.05, 4.69) is 4.98 Å². The third-order valence-corrected chi connectivity index (χ3v) is 2.40. The van der Waals surface area contributed by atoms with E-state index in [1.165, 1.54) is 0 Å². The Labute approximate surface area is 98.0 Å². The van der Waals surface area contributed by atoms with E-state index >= 15 is 0 Å². The average Bonchev–Trinajstić information content (AvgIpc) is 2.28. The Morgan fingerprint density at radius 2 is 2.19 bits per heavy atom. The molecule has 0 bridgehead atoms. The topological polar surface area (TPSA) is 39.2 Å². The summed E-state index contributed by atoms with van der Waals surface area (Å²) in [5.41, 5.74) is 0.302. The lowest BCUT2D eigenvalue weighted by Crippen LogP contribution is -2.06. The van der Waals surface area contributed by atoms with E-state index in [9.17, 15) is 4.79 Å². The summed E-state index contributed by atoms with van der Waals surface area (Å²) in [5, 5.41) is 2.46. The van der Waals surface area contributed by atoms with E-state index in [1.54, 1.807) is 31.3 Å². The highest BCUT2D eigenvalue weighted by Crippen LogP contribution is 2.19. The molecule has 4 heteroatoms. The zero-order valence-electron chi connectivity index (χ0n) is 8.74. The summed E-state index contributed by atoms with van der Waals surface area (Å²) in [5.74, 6) is -0.413. The van der Waals surface area contributed by atoms with Gasteiger partial charge in [0.05, 0.1) is 6.61 Å². The fraction of sp³-hybridized carbons (Fsp3) is 0.167. The van der Waals surface area contributed by atoms with E-state index < -0.39 is 5.97 Å². The molecule has 0 unspecified atom stereocenters. The molecule has 16 heavy (non-hydrogen) atoms. The molecule has 1 heterocycles. The third-order valence-electron chi connectivity index (χ3n) is 2.17. The van der Waals surface area contributed by atoms with Crippen LogP contribution in [0.15, 0.2) is 30.5 Å². The predicted molar refractivity (Wildman–Crippen MR) is 62.7 cm³/mol. The lowest BCUT2D eigenvalue weighted by molar-refractivity contribution is 0.0520. The fourth-order valence-electron chi connectivity index (χ4n) is 1.43. The molecule has 82 valence electrons. The van der Waals surface area contributed by atoms with Gasteiger partial charge in [0.1, 0.15) is 5.69 Å². The first kappa shape index (κ1) is 10.9. The molecule has 2 rings (SSSR count). The van der Waals surface area contributed by atoms with Gasteiger partial charge in [-0.2, -0.15) is 0 Å². The molecule has 0 aliphatic carbocycles. The van der Waals surface area contributed by atoms with Crippen LogP contribution in [0.1, 0.15) is 17.4 Å². The number of benzene rings is 1. The first-order valence-corrected chi connectivity index (χ1v) is 5.31. The number of hydrogen-bond donors (Lipinski definition) is 0. The highest BCUT2D eigenvalue weighted by atomic mass is 35.5. The molecule has 0 spiro atoms. The second-order valence-electron chi connectivity index (χ2n) is 3.28. The van der Waals surface area contributed by atoms with Crippen molar-refractivity contribution in [3.8, 4) is 0 Å². The van der Waals surface area contributed by atoms with Crippen molar-refractivity contribution in [1.82, 2.24) is 4.98 Å². The molecular weight excluding hydrogens is 226 g/mol. The zero-order valence-corrected chi connectivity index (χ0v) is 9.49. The van der Waals surface area contributed by atoms with Crippen molar-refractivity contribution in [2.45, 2.75) is 6.92 Å². The summed E-state index contributed by atoms with van der Waals surface area (Å²) in [6.45, 7) is 2.10. The number of aromatic nitrogens is 1. The summed E-state index contributed by atoms with van der Waals surface area (Å²) in [7, 11) is 0. The quantitative estimate of drug-likeness (QED) is 0.751. The van der Waals surface area contributed by atoms with E-state index in [0.29, 0.717) is 17.3 Å². The van der Waals surface area contributed by atoms with E-state index in [-0.39, 0.29) is 0 Å². The molecule has 0 saturated heterocycles. The van der Waals surface area contributed by atoms with Crippen LogP contribution < -0.4 is 0 Å². The maximum absolute atomic E-state index is 11.5. The second-order valence-corrected chi connectivity index (χ2v) is 3.72. The van der Waals surface area contributed by atoms with Crippen molar-refractivity contribution < 1.29 is 9.53 Å². The van der Waals surface area contributed by atoms with Crippen LogP contribution in [0.4, 0.5) is 0 Å². The van der Waals surface area contributed by atoms with Crippen LogP contribution in [0.2, 0.25) is 5.02 Å². The number of pyridine rings is 1.